The van der Waals surface area contributed by atoms with Crippen LogP contribution in [-0.4, -0.2) is 6.15 Å². The quantitative estimate of drug-likeness (QED) is 0.120. The first-order valence-corrected chi connectivity index (χ1v) is 12.2. The summed E-state index contributed by atoms with van der Waals surface area (Å²) in [6, 6.07) is 4.03. The molecule has 0 spiro atoms. The Hall–Kier alpha value is -4.73. The second-order valence-corrected chi connectivity index (χ2v) is 9.37. The molecule has 0 aliphatic heterocycles. The van der Waals surface area contributed by atoms with Gasteiger partial charge in [0.1, 0.15) is 52.7 Å². The molecule has 0 radical (unpaired) electrons. The molecular formula is C32H19BF9-. The van der Waals surface area contributed by atoms with Crippen LogP contribution in [0.4, 0.5) is 39.5 Å². The van der Waals surface area contributed by atoms with Crippen LogP contribution in [0.2, 0.25) is 0 Å². The van der Waals surface area contributed by atoms with Crippen molar-refractivity contribution in [3.8, 4) is 0 Å². The van der Waals surface area contributed by atoms with E-state index >= 15 is 39.5 Å². The van der Waals surface area contributed by atoms with Crippen LogP contribution < -0.4 is 21.9 Å². The third-order valence-corrected chi connectivity index (χ3v) is 7.31. The van der Waals surface area contributed by atoms with Gasteiger partial charge in [-0.1, -0.05) is 93.1 Å². The van der Waals surface area contributed by atoms with Gasteiger partial charge in [-0.25, -0.2) is 39.5 Å². The third kappa shape index (κ3) is 4.57. The van der Waals surface area contributed by atoms with E-state index in [1.807, 2.05) is 0 Å². The van der Waals surface area contributed by atoms with Crippen LogP contribution in [0, 0.1) is 52.4 Å². The van der Waals surface area contributed by atoms with Crippen LogP contribution in [0.25, 0.3) is 24.3 Å². The molecular weight excluding hydrogens is 566 g/mol. The lowest BCUT2D eigenvalue weighted by atomic mass is 9.13. The minimum Gasteiger partial charge on any atom is -0.207 e. The summed E-state index contributed by atoms with van der Waals surface area (Å²) in [4.78, 5) is 0. The predicted octanol–water partition coefficient (Wildman–Crippen LogP) is 6.89. The second-order valence-electron chi connectivity index (χ2n) is 9.37. The van der Waals surface area contributed by atoms with Crippen LogP contribution in [0.5, 0.6) is 0 Å². The molecule has 4 rings (SSSR count). The first-order valence-electron chi connectivity index (χ1n) is 12.2. The van der Waals surface area contributed by atoms with Crippen molar-refractivity contribution >= 4 is 52.3 Å². The smallest absolute Gasteiger partial charge is 0.165 e. The third-order valence-electron chi connectivity index (χ3n) is 7.31. The Bertz CT molecular complexity index is 1580. The molecule has 0 unspecified atom stereocenters. The van der Waals surface area contributed by atoms with Crippen LogP contribution in [-0.2, 0) is 0 Å². The fourth-order valence-corrected chi connectivity index (χ4v) is 5.39. The van der Waals surface area contributed by atoms with E-state index in [1.165, 1.54) is 0 Å². The average molecular weight is 585 g/mol. The summed E-state index contributed by atoms with van der Waals surface area (Å²) in [5.74, 6) is -13.0. The molecule has 0 amide bonds. The highest BCUT2D eigenvalue weighted by Crippen LogP contribution is 2.24. The van der Waals surface area contributed by atoms with E-state index in [4.69, 9.17) is 0 Å². The summed E-state index contributed by atoms with van der Waals surface area (Å²) in [6.07, 6.45) is -0.845. The van der Waals surface area contributed by atoms with Gasteiger partial charge >= 0.3 is 0 Å². The van der Waals surface area contributed by atoms with Crippen molar-refractivity contribution in [2.75, 3.05) is 0 Å². The summed E-state index contributed by atoms with van der Waals surface area (Å²) in [5, 5.41) is 0. The van der Waals surface area contributed by atoms with Gasteiger partial charge in [0, 0.05) is 22.3 Å². The van der Waals surface area contributed by atoms with Crippen molar-refractivity contribution in [1.82, 2.24) is 0 Å². The summed E-state index contributed by atoms with van der Waals surface area (Å²) >= 11 is 0. The van der Waals surface area contributed by atoms with Gasteiger partial charge in [0.05, 0.1) is 0 Å². The normalized spacial score (nSPS) is 11.4. The molecule has 0 atom stereocenters. The van der Waals surface area contributed by atoms with E-state index in [9.17, 15) is 0 Å². The Morgan fingerprint density at radius 1 is 0.381 bits per heavy atom. The molecule has 0 aliphatic rings. The predicted molar refractivity (Wildman–Crippen MR) is 150 cm³/mol. The molecule has 0 aliphatic carbocycles. The highest BCUT2D eigenvalue weighted by molar-refractivity contribution is 7.20. The standard InChI is InChI=1S/C32H19BF9/c1-5-19-24(34)9-16(10-25(19)35)33(17-11-26(36)20(6-2)27(37)12-17,18-13-28(38)21(7-3)29(39)14-18)23-15-30(40)22(8-4)31(41)32(23)42/h5-15H,1-4H2/q-1. The number of benzene rings is 4. The van der Waals surface area contributed by atoms with Gasteiger partial charge in [-0.15, -0.1) is 0 Å². The fraction of sp³-hybridized carbons (Fsp3) is 0. The van der Waals surface area contributed by atoms with E-state index < -0.39 is 103 Å². The van der Waals surface area contributed by atoms with Crippen molar-refractivity contribution in [3.63, 3.8) is 0 Å². The molecule has 10 heteroatoms. The molecule has 42 heavy (non-hydrogen) atoms. The molecule has 0 N–H and O–H groups in total. The van der Waals surface area contributed by atoms with Crippen LogP contribution >= 0.6 is 0 Å². The highest BCUT2D eigenvalue weighted by Gasteiger charge is 2.39. The van der Waals surface area contributed by atoms with Gasteiger partial charge in [-0.2, -0.15) is 21.9 Å². The van der Waals surface area contributed by atoms with E-state index in [0.29, 0.717) is 48.5 Å². The molecule has 0 saturated heterocycles. The Morgan fingerprint density at radius 2 is 0.643 bits per heavy atom. The minimum absolute atomic E-state index is 0.418. The summed E-state index contributed by atoms with van der Waals surface area (Å²) in [5.41, 5.74) is -6.00. The Balaban J connectivity index is 2.40. The van der Waals surface area contributed by atoms with Gasteiger partial charge < -0.3 is 0 Å². The van der Waals surface area contributed by atoms with Crippen molar-refractivity contribution in [2.45, 2.75) is 0 Å². The molecule has 0 fully saturated rings. The van der Waals surface area contributed by atoms with Gasteiger partial charge in [0.25, 0.3) is 0 Å². The second kappa shape index (κ2) is 11.3. The van der Waals surface area contributed by atoms with E-state index in [2.05, 4.69) is 26.3 Å². The topological polar surface area (TPSA) is 0 Å². The zero-order valence-electron chi connectivity index (χ0n) is 21.7. The van der Waals surface area contributed by atoms with E-state index in [0.717, 1.165) is 18.2 Å². The molecule has 0 saturated carbocycles. The Labute approximate surface area is 235 Å². The fourth-order valence-electron chi connectivity index (χ4n) is 5.39. The maximum atomic E-state index is 16.0. The molecule has 0 bridgehead atoms. The molecule has 214 valence electrons. The van der Waals surface area contributed by atoms with E-state index in [1.54, 1.807) is 0 Å². The number of halogens is 9. The van der Waals surface area contributed by atoms with Gasteiger partial charge in [-0.3, -0.25) is 0 Å². The SMILES string of the molecule is C=Cc1c(F)cc([B-](c2cc(F)c(C=C)c(F)c2)(c2cc(F)c(C=C)c(F)c2)c2cc(F)c(C=C)c(F)c2F)cc1F. The number of rotatable bonds is 8. The van der Waals surface area contributed by atoms with E-state index in [-0.39, 0.29) is 0 Å². The monoisotopic (exact) mass is 585 g/mol. The number of hydrogen-bond acceptors (Lipinski definition) is 0. The highest BCUT2D eigenvalue weighted by atomic mass is 19.2. The summed E-state index contributed by atoms with van der Waals surface area (Å²) in [7, 11) is 0. The van der Waals surface area contributed by atoms with Crippen molar-refractivity contribution in [3.05, 3.63) is 143 Å². The van der Waals surface area contributed by atoms with Crippen molar-refractivity contribution < 1.29 is 39.5 Å². The number of hydrogen-bond donors (Lipinski definition) is 0. The molecule has 0 heterocycles. The van der Waals surface area contributed by atoms with Gasteiger partial charge in [0.2, 0.25) is 0 Å². The Morgan fingerprint density at radius 3 is 0.905 bits per heavy atom. The molecule has 4 aromatic carbocycles. The van der Waals surface area contributed by atoms with Crippen LogP contribution in [0.1, 0.15) is 22.3 Å². The largest absolute Gasteiger partial charge is 0.207 e. The molecule has 0 nitrogen and oxygen atoms in total. The van der Waals surface area contributed by atoms with Crippen molar-refractivity contribution in [2.24, 2.45) is 0 Å². The lowest BCUT2D eigenvalue weighted by Gasteiger charge is -2.44. The van der Waals surface area contributed by atoms with Crippen LogP contribution in [0.15, 0.2) is 68.8 Å². The maximum absolute atomic E-state index is 16.0. The van der Waals surface area contributed by atoms with Crippen molar-refractivity contribution in [1.29, 1.82) is 0 Å². The summed E-state index contributed by atoms with van der Waals surface area (Å²) in [6.45, 7) is 13.1. The first kappa shape index (κ1) is 30.2. The first-order chi connectivity index (χ1) is 19.9. The zero-order chi connectivity index (χ0) is 31.1. The zero-order valence-corrected chi connectivity index (χ0v) is 21.7. The van der Waals surface area contributed by atoms with Crippen LogP contribution in [0.3, 0.4) is 0 Å². The van der Waals surface area contributed by atoms with Gasteiger partial charge in [-0.05, 0) is 0 Å². The minimum atomic E-state index is -3.91. The maximum Gasteiger partial charge on any atom is 0.165 e. The lowest BCUT2D eigenvalue weighted by Crippen LogP contribution is -2.76. The average Bonchev–Trinajstić information content (AvgIpc) is 2.92. The molecule has 0 aromatic heterocycles. The Kier molecular flexibility index (Phi) is 8.12. The summed E-state index contributed by atoms with van der Waals surface area (Å²) < 4.78 is 138. The van der Waals surface area contributed by atoms with Gasteiger partial charge in [0.15, 0.2) is 5.82 Å². The molecule has 4 aromatic rings. The lowest BCUT2D eigenvalue weighted by molar-refractivity contribution is 0.497.